The fraction of sp³-hybridized carbons (Fsp3) is 0.357. The molecule has 3 rings (SSSR count). The molecule has 1 fully saturated rings. The molecule has 1 aliphatic rings. The highest BCUT2D eigenvalue weighted by atomic mass is 32.2. The van der Waals surface area contributed by atoms with E-state index in [0.717, 1.165) is 18.1 Å². The molecule has 2 aromatic rings. The number of nitrogens with zero attached hydrogens (tertiary/aromatic N) is 2. The van der Waals surface area contributed by atoms with Crippen LogP contribution in [-0.4, -0.2) is 32.5 Å². The van der Waals surface area contributed by atoms with Gasteiger partial charge in [-0.05, 0) is 24.1 Å². The monoisotopic (exact) mass is 341 g/mol. The van der Waals surface area contributed by atoms with Gasteiger partial charge in [0.2, 0.25) is 10.0 Å². The maximum atomic E-state index is 13.1. The number of benzene rings is 1. The summed E-state index contributed by atoms with van der Waals surface area (Å²) in [6, 6.07) is 5.53. The van der Waals surface area contributed by atoms with E-state index >= 15 is 0 Å². The molecule has 1 aromatic carbocycles. The number of anilines is 1. The van der Waals surface area contributed by atoms with Gasteiger partial charge in [-0.15, -0.1) is 11.3 Å². The number of rotatable bonds is 5. The Balaban J connectivity index is 1.60. The molecular formula is C14H16FN3O2S2. The molecule has 0 aliphatic carbocycles. The third-order valence-corrected chi connectivity index (χ3v) is 5.71. The van der Waals surface area contributed by atoms with Gasteiger partial charge < -0.3 is 4.90 Å². The normalized spacial score (nSPS) is 18.8. The van der Waals surface area contributed by atoms with Crippen molar-refractivity contribution >= 4 is 26.5 Å². The zero-order valence-corrected chi connectivity index (χ0v) is 13.4. The van der Waals surface area contributed by atoms with Gasteiger partial charge in [-0.1, -0.05) is 12.1 Å². The molecule has 2 heterocycles. The average molecular weight is 341 g/mol. The highest BCUT2D eigenvalue weighted by Gasteiger charge is 2.27. The van der Waals surface area contributed by atoms with Crippen LogP contribution in [0.2, 0.25) is 0 Å². The lowest BCUT2D eigenvalue weighted by Gasteiger charge is -2.16. The standard InChI is InChI=1S/C14H16FN3O2S2/c15-12-3-1-2-11(8-12)10-22(19,20)17-13-4-6-18(9-13)14-16-5-7-21-14/h1-3,5,7-8,13,17H,4,6,9-10H2. The lowest BCUT2D eigenvalue weighted by Crippen LogP contribution is -2.37. The lowest BCUT2D eigenvalue weighted by atomic mass is 10.2. The Kier molecular flexibility index (Phi) is 4.42. The highest BCUT2D eigenvalue weighted by molar-refractivity contribution is 7.88. The molecule has 118 valence electrons. The summed E-state index contributed by atoms with van der Waals surface area (Å²) in [5, 5.41) is 2.81. The summed E-state index contributed by atoms with van der Waals surface area (Å²) in [5.74, 6) is -0.637. The molecule has 1 atom stereocenters. The van der Waals surface area contributed by atoms with E-state index in [0.29, 0.717) is 12.1 Å². The summed E-state index contributed by atoms with van der Waals surface area (Å²) >= 11 is 1.54. The van der Waals surface area contributed by atoms with E-state index in [1.165, 1.54) is 18.2 Å². The van der Waals surface area contributed by atoms with Gasteiger partial charge in [-0.2, -0.15) is 0 Å². The first kappa shape index (κ1) is 15.4. The van der Waals surface area contributed by atoms with Crippen molar-refractivity contribution in [1.82, 2.24) is 9.71 Å². The third kappa shape index (κ3) is 3.82. The number of aromatic nitrogens is 1. The quantitative estimate of drug-likeness (QED) is 0.903. The Bertz CT molecular complexity index is 734. The molecule has 0 spiro atoms. The second-order valence-electron chi connectivity index (χ2n) is 5.25. The van der Waals surface area contributed by atoms with Crippen molar-refractivity contribution in [2.75, 3.05) is 18.0 Å². The van der Waals surface area contributed by atoms with Crippen LogP contribution in [0, 0.1) is 5.82 Å². The number of hydrogen-bond donors (Lipinski definition) is 1. The molecule has 0 saturated carbocycles. The second-order valence-corrected chi connectivity index (χ2v) is 7.88. The Morgan fingerprint density at radius 1 is 1.45 bits per heavy atom. The SMILES string of the molecule is O=S(=O)(Cc1cccc(F)c1)NC1CCN(c2nccs2)C1. The van der Waals surface area contributed by atoms with Gasteiger partial charge in [0, 0.05) is 30.7 Å². The van der Waals surface area contributed by atoms with Crippen LogP contribution in [-0.2, 0) is 15.8 Å². The maximum Gasteiger partial charge on any atom is 0.216 e. The molecule has 8 heteroatoms. The fourth-order valence-electron chi connectivity index (χ4n) is 2.54. The van der Waals surface area contributed by atoms with Gasteiger partial charge in [-0.25, -0.2) is 22.5 Å². The molecule has 1 saturated heterocycles. The van der Waals surface area contributed by atoms with Crippen LogP contribution in [0.1, 0.15) is 12.0 Å². The minimum atomic E-state index is -3.49. The minimum absolute atomic E-state index is 0.137. The Labute approximate surface area is 132 Å². The number of thiazole rings is 1. The first-order valence-electron chi connectivity index (χ1n) is 6.91. The minimum Gasteiger partial charge on any atom is -0.346 e. The van der Waals surface area contributed by atoms with Crippen molar-refractivity contribution in [3.05, 3.63) is 47.2 Å². The number of sulfonamides is 1. The van der Waals surface area contributed by atoms with E-state index in [1.54, 1.807) is 23.6 Å². The van der Waals surface area contributed by atoms with E-state index < -0.39 is 15.8 Å². The first-order valence-corrected chi connectivity index (χ1v) is 9.44. The fourth-order valence-corrected chi connectivity index (χ4v) is 4.63. The van der Waals surface area contributed by atoms with Gasteiger partial charge >= 0.3 is 0 Å². The van der Waals surface area contributed by atoms with E-state index in [9.17, 15) is 12.8 Å². The summed E-state index contributed by atoms with van der Waals surface area (Å²) in [6.07, 6.45) is 2.48. The van der Waals surface area contributed by atoms with E-state index in [-0.39, 0.29) is 11.8 Å². The molecule has 0 radical (unpaired) electrons. The average Bonchev–Trinajstić information content (AvgIpc) is 3.07. The highest BCUT2D eigenvalue weighted by Crippen LogP contribution is 2.22. The molecule has 5 nitrogen and oxygen atoms in total. The number of nitrogens with one attached hydrogen (secondary N) is 1. The Hall–Kier alpha value is -1.51. The van der Waals surface area contributed by atoms with E-state index in [4.69, 9.17) is 0 Å². The number of hydrogen-bond acceptors (Lipinski definition) is 5. The summed E-state index contributed by atoms with van der Waals surface area (Å²) < 4.78 is 40.2. The smallest absolute Gasteiger partial charge is 0.216 e. The second kappa shape index (κ2) is 6.31. The van der Waals surface area contributed by atoms with Crippen LogP contribution >= 0.6 is 11.3 Å². The van der Waals surface area contributed by atoms with Crippen LogP contribution in [0.25, 0.3) is 0 Å². The Morgan fingerprint density at radius 2 is 2.32 bits per heavy atom. The third-order valence-electron chi connectivity index (χ3n) is 3.47. The molecule has 0 amide bonds. The van der Waals surface area contributed by atoms with Crippen molar-refractivity contribution < 1.29 is 12.8 Å². The molecule has 0 bridgehead atoms. The molecule has 1 unspecified atom stereocenters. The zero-order valence-electron chi connectivity index (χ0n) is 11.8. The van der Waals surface area contributed by atoms with Gasteiger partial charge in [0.25, 0.3) is 0 Å². The predicted octanol–water partition coefficient (Wildman–Crippen LogP) is 1.98. The largest absolute Gasteiger partial charge is 0.346 e. The van der Waals surface area contributed by atoms with Gasteiger partial charge in [0.05, 0.1) is 5.75 Å². The lowest BCUT2D eigenvalue weighted by molar-refractivity contribution is 0.560. The van der Waals surface area contributed by atoms with Crippen molar-refractivity contribution in [2.24, 2.45) is 0 Å². The molecule has 1 aromatic heterocycles. The van der Waals surface area contributed by atoms with Crippen molar-refractivity contribution in [2.45, 2.75) is 18.2 Å². The molecule has 1 N–H and O–H groups in total. The van der Waals surface area contributed by atoms with Gasteiger partial charge in [0.1, 0.15) is 5.82 Å². The van der Waals surface area contributed by atoms with E-state index in [1.807, 2.05) is 5.38 Å². The van der Waals surface area contributed by atoms with Crippen LogP contribution in [0.4, 0.5) is 9.52 Å². The molecular weight excluding hydrogens is 325 g/mol. The van der Waals surface area contributed by atoms with Crippen LogP contribution in [0.3, 0.4) is 0 Å². The number of halogens is 1. The summed E-state index contributed by atoms with van der Waals surface area (Å²) in [5.41, 5.74) is 0.447. The first-order chi connectivity index (χ1) is 10.5. The van der Waals surface area contributed by atoms with Crippen LogP contribution in [0.5, 0.6) is 0 Å². The van der Waals surface area contributed by atoms with Gasteiger partial charge in [0.15, 0.2) is 5.13 Å². The summed E-state index contributed by atoms with van der Waals surface area (Å²) in [6.45, 7) is 1.39. The maximum absolute atomic E-state index is 13.1. The van der Waals surface area contributed by atoms with Crippen LogP contribution in [0.15, 0.2) is 35.8 Å². The topological polar surface area (TPSA) is 62.3 Å². The zero-order chi connectivity index (χ0) is 15.6. The van der Waals surface area contributed by atoms with Crippen molar-refractivity contribution in [1.29, 1.82) is 0 Å². The van der Waals surface area contributed by atoms with Crippen LogP contribution < -0.4 is 9.62 Å². The molecule has 22 heavy (non-hydrogen) atoms. The van der Waals surface area contributed by atoms with E-state index in [2.05, 4.69) is 14.6 Å². The summed E-state index contributed by atoms with van der Waals surface area (Å²) in [7, 11) is -3.49. The predicted molar refractivity (Wildman–Crippen MR) is 84.9 cm³/mol. The Morgan fingerprint density at radius 3 is 3.05 bits per heavy atom. The van der Waals surface area contributed by atoms with Crippen molar-refractivity contribution in [3.8, 4) is 0 Å². The summed E-state index contributed by atoms with van der Waals surface area (Å²) in [4.78, 5) is 6.30. The van der Waals surface area contributed by atoms with Gasteiger partial charge in [-0.3, -0.25) is 0 Å². The van der Waals surface area contributed by atoms with Crippen molar-refractivity contribution in [3.63, 3.8) is 0 Å². The molecule has 1 aliphatic heterocycles.